The van der Waals surface area contributed by atoms with Gasteiger partial charge in [-0.2, -0.15) is 5.10 Å². The molecule has 1 aliphatic rings. The molecule has 0 radical (unpaired) electrons. The first-order chi connectivity index (χ1) is 5.29. The molecule has 0 saturated heterocycles. The van der Waals surface area contributed by atoms with Crippen LogP contribution in [0, 0.1) is 0 Å². The van der Waals surface area contributed by atoms with Crippen molar-refractivity contribution in [1.82, 2.24) is 9.78 Å². The zero-order valence-corrected chi connectivity index (χ0v) is 7.84. The average molecular weight is 217 g/mol. The molecule has 1 atom stereocenters. The Morgan fingerprint density at radius 3 is 3.36 bits per heavy atom. The molecule has 0 bridgehead atoms. The predicted molar refractivity (Wildman–Crippen MR) is 44.3 cm³/mol. The van der Waals surface area contributed by atoms with Gasteiger partial charge >= 0.3 is 0 Å². The van der Waals surface area contributed by atoms with Gasteiger partial charge in [0.25, 0.3) is 0 Å². The third-order valence-corrected chi connectivity index (χ3v) is 2.53. The van der Waals surface area contributed by atoms with Gasteiger partial charge in [0.15, 0.2) is 0 Å². The van der Waals surface area contributed by atoms with Crippen molar-refractivity contribution in [2.24, 2.45) is 0 Å². The molecule has 0 saturated carbocycles. The summed E-state index contributed by atoms with van der Waals surface area (Å²) < 4.78 is 8.41. The van der Waals surface area contributed by atoms with Crippen LogP contribution in [-0.2, 0) is 11.3 Å². The Bertz CT molecular complexity index is 271. The SMILES string of the molecule is CC1COCc2c(Br)cnn21. The van der Waals surface area contributed by atoms with Crippen LogP contribution in [0.4, 0.5) is 0 Å². The summed E-state index contributed by atoms with van der Waals surface area (Å²) >= 11 is 3.42. The lowest BCUT2D eigenvalue weighted by atomic mass is 10.3. The van der Waals surface area contributed by atoms with Gasteiger partial charge in [-0.3, -0.25) is 4.68 Å². The summed E-state index contributed by atoms with van der Waals surface area (Å²) in [6.45, 7) is 3.54. The van der Waals surface area contributed by atoms with Gasteiger partial charge in [0.2, 0.25) is 0 Å². The standard InChI is InChI=1S/C7H9BrN2O/c1-5-3-11-4-7-6(8)2-9-10(5)7/h2,5H,3-4H2,1H3. The fourth-order valence-electron chi connectivity index (χ4n) is 1.28. The number of hydrogen-bond acceptors (Lipinski definition) is 2. The Balaban J connectivity index is 2.46. The minimum atomic E-state index is 0.366. The second kappa shape index (κ2) is 2.60. The fraction of sp³-hybridized carbons (Fsp3) is 0.571. The minimum absolute atomic E-state index is 0.366. The molecule has 0 amide bonds. The van der Waals surface area contributed by atoms with Crippen LogP contribution in [-0.4, -0.2) is 16.4 Å². The lowest BCUT2D eigenvalue weighted by Gasteiger charge is -2.21. The van der Waals surface area contributed by atoms with E-state index in [0.29, 0.717) is 12.6 Å². The van der Waals surface area contributed by atoms with E-state index < -0.39 is 0 Å². The molecule has 60 valence electrons. The first kappa shape index (κ1) is 7.31. The van der Waals surface area contributed by atoms with Crippen LogP contribution < -0.4 is 0 Å². The van der Waals surface area contributed by atoms with Crippen LogP contribution in [0.5, 0.6) is 0 Å². The molecule has 0 fully saturated rings. The predicted octanol–water partition coefficient (Wildman–Crippen LogP) is 1.74. The third-order valence-electron chi connectivity index (χ3n) is 1.86. The van der Waals surface area contributed by atoms with Gasteiger partial charge in [-0.15, -0.1) is 0 Å². The number of ether oxygens (including phenoxy) is 1. The molecule has 1 unspecified atom stereocenters. The monoisotopic (exact) mass is 216 g/mol. The average Bonchev–Trinajstić information content (AvgIpc) is 2.35. The van der Waals surface area contributed by atoms with Crippen molar-refractivity contribution in [3.8, 4) is 0 Å². The summed E-state index contributed by atoms with van der Waals surface area (Å²) in [5.74, 6) is 0. The van der Waals surface area contributed by atoms with Crippen LogP contribution in [0.3, 0.4) is 0 Å². The smallest absolute Gasteiger partial charge is 0.0897 e. The normalized spacial score (nSPS) is 23.3. The van der Waals surface area contributed by atoms with E-state index in [9.17, 15) is 0 Å². The number of aromatic nitrogens is 2. The van der Waals surface area contributed by atoms with Gasteiger partial charge in [0.1, 0.15) is 0 Å². The highest BCUT2D eigenvalue weighted by Crippen LogP contribution is 2.24. The lowest BCUT2D eigenvalue weighted by Crippen LogP contribution is -2.21. The summed E-state index contributed by atoms with van der Waals surface area (Å²) in [6, 6.07) is 0.366. The first-order valence-corrected chi connectivity index (χ1v) is 4.38. The second-order valence-electron chi connectivity index (χ2n) is 2.75. The van der Waals surface area contributed by atoms with Crippen molar-refractivity contribution < 1.29 is 4.74 Å². The summed E-state index contributed by atoms with van der Waals surface area (Å²) in [6.07, 6.45) is 1.82. The van der Waals surface area contributed by atoms with Crippen molar-refractivity contribution in [3.05, 3.63) is 16.4 Å². The second-order valence-corrected chi connectivity index (χ2v) is 3.60. The highest BCUT2D eigenvalue weighted by atomic mass is 79.9. The molecule has 0 N–H and O–H groups in total. The van der Waals surface area contributed by atoms with E-state index in [0.717, 1.165) is 16.8 Å². The van der Waals surface area contributed by atoms with Gasteiger partial charge in [0, 0.05) is 0 Å². The Morgan fingerprint density at radius 2 is 2.64 bits per heavy atom. The Hall–Kier alpha value is -0.350. The molecule has 0 spiro atoms. The van der Waals surface area contributed by atoms with Crippen molar-refractivity contribution in [2.45, 2.75) is 19.6 Å². The fourth-order valence-corrected chi connectivity index (χ4v) is 1.67. The van der Waals surface area contributed by atoms with Gasteiger partial charge in [-0.05, 0) is 22.9 Å². The molecule has 1 aromatic heterocycles. The Labute approximate surface area is 73.5 Å². The molecule has 2 heterocycles. The molecule has 4 heteroatoms. The van der Waals surface area contributed by atoms with E-state index >= 15 is 0 Å². The van der Waals surface area contributed by atoms with Crippen LogP contribution in [0.2, 0.25) is 0 Å². The van der Waals surface area contributed by atoms with Crippen molar-refractivity contribution in [2.75, 3.05) is 6.61 Å². The van der Waals surface area contributed by atoms with Gasteiger partial charge in [-0.25, -0.2) is 0 Å². The molecule has 0 aromatic carbocycles. The molecular formula is C7H9BrN2O. The first-order valence-electron chi connectivity index (χ1n) is 3.58. The van der Waals surface area contributed by atoms with E-state index in [1.807, 2.05) is 10.9 Å². The maximum atomic E-state index is 5.36. The molecule has 3 nitrogen and oxygen atoms in total. The van der Waals surface area contributed by atoms with Crippen molar-refractivity contribution in [3.63, 3.8) is 0 Å². The molecule has 11 heavy (non-hydrogen) atoms. The largest absolute Gasteiger partial charge is 0.373 e. The molecule has 0 aliphatic carbocycles. The third kappa shape index (κ3) is 1.10. The van der Waals surface area contributed by atoms with E-state index in [-0.39, 0.29) is 0 Å². The summed E-state index contributed by atoms with van der Waals surface area (Å²) in [5, 5.41) is 4.23. The van der Waals surface area contributed by atoms with E-state index in [1.165, 1.54) is 0 Å². The van der Waals surface area contributed by atoms with E-state index in [2.05, 4.69) is 28.0 Å². The van der Waals surface area contributed by atoms with E-state index in [4.69, 9.17) is 4.74 Å². The topological polar surface area (TPSA) is 27.1 Å². The Kier molecular flexibility index (Phi) is 1.73. The molecule has 2 rings (SSSR count). The summed E-state index contributed by atoms with van der Waals surface area (Å²) in [4.78, 5) is 0. The lowest BCUT2D eigenvalue weighted by molar-refractivity contribution is 0.0571. The zero-order chi connectivity index (χ0) is 7.84. The number of fused-ring (bicyclic) bond motifs is 1. The van der Waals surface area contributed by atoms with Crippen LogP contribution in [0.1, 0.15) is 18.7 Å². The van der Waals surface area contributed by atoms with Crippen LogP contribution >= 0.6 is 15.9 Å². The number of halogens is 1. The molecular weight excluding hydrogens is 208 g/mol. The number of rotatable bonds is 0. The van der Waals surface area contributed by atoms with Crippen molar-refractivity contribution >= 4 is 15.9 Å². The van der Waals surface area contributed by atoms with Gasteiger partial charge in [0.05, 0.1) is 35.6 Å². The van der Waals surface area contributed by atoms with E-state index in [1.54, 1.807) is 0 Å². The molecule has 1 aromatic rings. The summed E-state index contributed by atoms with van der Waals surface area (Å²) in [7, 11) is 0. The number of hydrogen-bond donors (Lipinski definition) is 0. The van der Waals surface area contributed by atoms with Gasteiger partial charge < -0.3 is 4.74 Å². The summed E-state index contributed by atoms with van der Waals surface area (Å²) in [5.41, 5.74) is 1.14. The van der Waals surface area contributed by atoms with Gasteiger partial charge in [-0.1, -0.05) is 0 Å². The zero-order valence-electron chi connectivity index (χ0n) is 6.25. The quantitative estimate of drug-likeness (QED) is 0.661. The number of nitrogens with zero attached hydrogens (tertiary/aromatic N) is 2. The minimum Gasteiger partial charge on any atom is -0.373 e. The molecule has 1 aliphatic heterocycles. The Morgan fingerprint density at radius 1 is 1.82 bits per heavy atom. The highest BCUT2D eigenvalue weighted by molar-refractivity contribution is 9.10. The van der Waals surface area contributed by atoms with Crippen LogP contribution in [0.25, 0.3) is 0 Å². The maximum Gasteiger partial charge on any atom is 0.0897 e. The van der Waals surface area contributed by atoms with Crippen molar-refractivity contribution in [1.29, 1.82) is 0 Å². The van der Waals surface area contributed by atoms with Crippen LogP contribution in [0.15, 0.2) is 10.7 Å². The maximum absolute atomic E-state index is 5.36. The highest BCUT2D eigenvalue weighted by Gasteiger charge is 2.18.